The normalized spacial score (nSPS) is 19.8. The number of aromatic amines is 1. The van der Waals surface area contributed by atoms with E-state index in [1.807, 2.05) is 26.0 Å². The number of carbonyl (C=O) groups excluding carboxylic acids is 1. The number of nitrogens with one attached hydrogen (secondary N) is 2. The summed E-state index contributed by atoms with van der Waals surface area (Å²) in [7, 11) is 0. The number of carbonyl (C=O) groups is 1. The fourth-order valence-electron chi connectivity index (χ4n) is 4.10. The molecule has 1 saturated heterocycles. The molecule has 2 N–H and O–H groups in total. The van der Waals surface area contributed by atoms with Crippen molar-refractivity contribution in [2.24, 2.45) is 0 Å². The molecule has 0 saturated carbocycles. The lowest BCUT2D eigenvalue weighted by Gasteiger charge is -2.30. The Morgan fingerprint density at radius 2 is 1.88 bits per heavy atom. The molecule has 1 aromatic carbocycles. The van der Waals surface area contributed by atoms with E-state index in [0.29, 0.717) is 17.3 Å². The molecule has 0 spiro atoms. The van der Waals surface area contributed by atoms with Gasteiger partial charge >= 0.3 is 0 Å². The van der Waals surface area contributed by atoms with Gasteiger partial charge in [-0.1, -0.05) is 23.8 Å². The molecule has 1 fully saturated rings. The van der Waals surface area contributed by atoms with Crippen LogP contribution in [0.25, 0.3) is 0 Å². The molecule has 1 atom stereocenters. The molecule has 2 aliphatic heterocycles. The van der Waals surface area contributed by atoms with Gasteiger partial charge in [0, 0.05) is 25.4 Å². The van der Waals surface area contributed by atoms with Crippen LogP contribution in [0, 0.1) is 13.8 Å². The zero-order chi connectivity index (χ0) is 18.3. The number of fused-ring (bicyclic) bond motifs is 1. The topological polar surface area (TPSA) is 78.1 Å². The first-order valence-electron chi connectivity index (χ1n) is 9.29. The van der Waals surface area contributed by atoms with E-state index in [1.54, 1.807) is 0 Å². The molecule has 2 aromatic rings. The highest BCUT2D eigenvalue weighted by Crippen LogP contribution is 2.36. The first-order chi connectivity index (χ1) is 12.5. The Morgan fingerprint density at radius 3 is 2.62 bits per heavy atom. The minimum absolute atomic E-state index is 0.0924. The zero-order valence-electron chi connectivity index (χ0n) is 15.3. The van der Waals surface area contributed by atoms with Crippen molar-refractivity contribution >= 4 is 17.7 Å². The largest absolute Gasteiger partial charge is 0.342 e. The Balaban J connectivity index is 1.80. The van der Waals surface area contributed by atoms with Gasteiger partial charge in [-0.25, -0.2) is 0 Å². The Labute approximate surface area is 152 Å². The first kappa shape index (κ1) is 16.8. The molecular formula is C20H24N4O2. The van der Waals surface area contributed by atoms with Gasteiger partial charge in [0.2, 0.25) is 11.9 Å². The molecule has 0 aliphatic carbocycles. The van der Waals surface area contributed by atoms with Gasteiger partial charge in [-0.15, -0.1) is 0 Å². The molecule has 136 valence electrons. The second-order valence-electron chi connectivity index (χ2n) is 7.36. The molecule has 6 nitrogen and oxygen atoms in total. The smallest absolute Gasteiger partial charge is 0.258 e. The summed E-state index contributed by atoms with van der Waals surface area (Å²) >= 11 is 0. The summed E-state index contributed by atoms with van der Waals surface area (Å²) in [5.41, 5.74) is 3.69. The van der Waals surface area contributed by atoms with Crippen LogP contribution in [-0.2, 0) is 4.79 Å². The molecule has 3 heterocycles. The van der Waals surface area contributed by atoms with Crippen LogP contribution in [0.1, 0.15) is 53.9 Å². The number of hydrogen-bond donors (Lipinski definition) is 2. The van der Waals surface area contributed by atoms with Crippen LogP contribution in [0.2, 0.25) is 0 Å². The minimum Gasteiger partial charge on any atom is -0.342 e. The fraction of sp³-hybridized carbons (Fsp3) is 0.450. The van der Waals surface area contributed by atoms with Gasteiger partial charge in [0.25, 0.3) is 5.56 Å². The monoisotopic (exact) mass is 352 g/mol. The summed E-state index contributed by atoms with van der Waals surface area (Å²) < 4.78 is 0. The average Bonchev–Trinajstić information content (AvgIpc) is 2.61. The van der Waals surface area contributed by atoms with E-state index in [2.05, 4.69) is 26.3 Å². The van der Waals surface area contributed by atoms with E-state index in [9.17, 15) is 9.59 Å². The van der Waals surface area contributed by atoms with Gasteiger partial charge in [-0.2, -0.15) is 4.98 Å². The summed E-state index contributed by atoms with van der Waals surface area (Å²) in [6.07, 6.45) is 3.67. The molecule has 0 unspecified atom stereocenters. The van der Waals surface area contributed by atoms with E-state index in [-0.39, 0.29) is 23.8 Å². The number of aryl methyl sites for hydroxylation is 2. The van der Waals surface area contributed by atoms with Crippen molar-refractivity contribution in [3.8, 4) is 0 Å². The number of anilines is 2. The van der Waals surface area contributed by atoms with Crippen LogP contribution in [0.5, 0.6) is 0 Å². The van der Waals surface area contributed by atoms with Crippen molar-refractivity contribution in [3.63, 3.8) is 0 Å². The summed E-state index contributed by atoms with van der Waals surface area (Å²) in [5.74, 6) is 0.627. The second kappa shape index (κ2) is 6.59. The Bertz CT molecular complexity index is 913. The van der Waals surface area contributed by atoms with Crippen LogP contribution in [0.3, 0.4) is 0 Å². The molecule has 0 radical (unpaired) electrons. The number of amides is 1. The number of rotatable bonds is 2. The van der Waals surface area contributed by atoms with Gasteiger partial charge in [0.15, 0.2) is 0 Å². The van der Waals surface area contributed by atoms with Crippen LogP contribution in [0.4, 0.5) is 11.8 Å². The first-order valence-corrected chi connectivity index (χ1v) is 9.29. The van der Waals surface area contributed by atoms with Crippen molar-refractivity contribution in [1.29, 1.82) is 0 Å². The number of benzene rings is 1. The number of aromatic nitrogens is 2. The van der Waals surface area contributed by atoms with E-state index in [1.165, 1.54) is 12.0 Å². The van der Waals surface area contributed by atoms with E-state index in [4.69, 9.17) is 0 Å². The molecule has 26 heavy (non-hydrogen) atoms. The van der Waals surface area contributed by atoms with Crippen molar-refractivity contribution < 1.29 is 4.79 Å². The lowest BCUT2D eigenvalue weighted by molar-refractivity contribution is -0.116. The van der Waals surface area contributed by atoms with Gasteiger partial charge < -0.3 is 10.2 Å². The molecule has 4 rings (SSSR count). The maximum Gasteiger partial charge on any atom is 0.258 e. The van der Waals surface area contributed by atoms with Crippen molar-refractivity contribution in [2.45, 2.75) is 45.4 Å². The SMILES string of the molecule is Cc1ccc([C@H]2CC(=O)Nc3nc(N4CCCCC4)[nH]c(=O)c32)c(C)c1. The van der Waals surface area contributed by atoms with Crippen LogP contribution >= 0.6 is 0 Å². The van der Waals surface area contributed by atoms with Gasteiger partial charge in [0.1, 0.15) is 5.82 Å². The maximum atomic E-state index is 12.9. The highest BCUT2D eigenvalue weighted by Gasteiger charge is 2.32. The predicted molar refractivity (Wildman–Crippen MR) is 102 cm³/mol. The van der Waals surface area contributed by atoms with Crippen LogP contribution in [0.15, 0.2) is 23.0 Å². The summed E-state index contributed by atoms with van der Waals surface area (Å²) in [6, 6.07) is 6.14. The molecule has 0 bridgehead atoms. The molecule has 2 aliphatic rings. The number of nitrogens with zero attached hydrogens (tertiary/aromatic N) is 2. The second-order valence-corrected chi connectivity index (χ2v) is 7.36. The standard InChI is InChI=1S/C20H24N4O2/c1-12-6-7-14(13(2)10-12)15-11-16(25)21-18-17(15)19(26)23-20(22-18)24-8-4-3-5-9-24/h6-7,10,15H,3-5,8-9,11H2,1-2H3,(H2,21,22,23,25,26)/t15-/m1/s1. The minimum atomic E-state index is -0.258. The number of piperidine rings is 1. The molecule has 1 aromatic heterocycles. The van der Waals surface area contributed by atoms with E-state index >= 15 is 0 Å². The van der Waals surface area contributed by atoms with Gasteiger partial charge in [0.05, 0.1) is 5.56 Å². The van der Waals surface area contributed by atoms with Crippen molar-refractivity contribution in [2.75, 3.05) is 23.3 Å². The van der Waals surface area contributed by atoms with Crippen molar-refractivity contribution in [3.05, 3.63) is 50.8 Å². The maximum absolute atomic E-state index is 12.9. The highest BCUT2D eigenvalue weighted by atomic mass is 16.2. The highest BCUT2D eigenvalue weighted by molar-refractivity contribution is 5.94. The van der Waals surface area contributed by atoms with Crippen molar-refractivity contribution in [1.82, 2.24) is 9.97 Å². The Morgan fingerprint density at radius 1 is 1.12 bits per heavy atom. The van der Waals surface area contributed by atoms with Crippen LogP contribution < -0.4 is 15.8 Å². The average molecular weight is 352 g/mol. The third-order valence-electron chi connectivity index (χ3n) is 5.39. The third-order valence-corrected chi connectivity index (χ3v) is 5.39. The van der Waals surface area contributed by atoms with Crippen LogP contribution in [-0.4, -0.2) is 29.0 Å². The van der Waals surface area contributed by atoms with E-state index < -0.39 is 0 Å². The lowest BCUT2D eigenvalue weighted by atomic mass is 9.84. The fourth-order valence-corrected chi connectivity index (χ4v) is 4.10. The molecule has 6 heteroatoms. The molecular weight excluding hydrogens is 328 g/mol. The lowest BCUT2D eigenvalue weighted by Crippen LogP contribution is -2.36. The Kier molecular flexibility index (Phi) is 4.26. The van der Waals surface area contributed by atoms with Gasteiger partial charge in [-0.05, 0) is 44.2 Å². The summed E-state index contributed by atoms with van der Waals surface area (Å²) in [6.45, 7) is 5.84. The van der Waals surface area contributed by atoms with E-state index in [0.717, 1.165) is 37.1 Å². The number of H-pyrrole nitrogens is 1. The number of hydrogen-bond acceptors (Lipinski definition) is 4. The Hall–Kier alpha value is -2.63. The summed E-state index contributed by atoms with van der Waals surface area (Å²) in [4.78, 5) is 34.9. The predicted octanol–water partition coefficient (Wildman–Crippen LogP) is 2.85. The molecule has 1 amide bonds. The quantitative estimate of drug-likeness (QED) is 0.871. The summed E-state index contributed by atoms with van der Waals surface area (Å²) in [5, 5.41) is 2.81. The third kappa shape index (κ3) is 3.00. The zero-order valence-corrected chi connectivity index (χ0v) is 15.3. The van der Waals surface area contributed by atoms with Gasteiger partial charge in [-0.3, -0.25) is 14.6 Å².